The molecule has 0 unspecified atom stereocenters. The molecule has 0 saturated carbocycles. The molecule has 9 nitrogen and oxygen atoms in total. The Morgan fingerprint density at radius 3 is 2.42 bits per heavy atom. The lowest BCUT2D eigenvalue weighted by molar-refractivity contribution is -0.130. The number of sulfone groups is 1. The highest BCUT2D eigenvalue weighted by Gasteiger charge is 2.38. The van der Waals surface area contributed by atoms with Crippen LogP contribution in [-0.4, -0.2) is 67.3 Å². The third-order valence-electron chi connectivity index (χ3n) is 5.80. The predicted octanol–water partition coefficient (Wildman–Crippen LogP) is 2.37. The smallest absolute Gasteiger partial charge is 0.316 e. The van der Waals surface area contributed by atoms with Crippen LogP contribution in [0.5, 0.6) is 0 Å². The largest absolute Gasteiger partial charge is 0.371 e. The van der Waals surface area contributed by atoms with Crippen LogP contribution >= 0.6 is 0 Å². The molecule has 33 heavy (non-hydrogen) atoms. The molecule has 0 radical (unpaired) electrons. The van der Waals surface area contributed by atoms with Gasteiger partial charge in [-0.25, -0.2) is 17.2 Å². The van der Waals surface area contributed by atoms with E-state index < -0.39 is 44.7 Å². The number of alkyl halides is 2. The molecule has 1 aromatic carbocycles. The van der Waals surface area contributed by atoms with Crippen LogP contribution in [0.1, 0.15) is 31.6 Å². The minimum absolute atomic E-state index is 0.0751. The summed E-state index contributed by atoms with van der Waals surface area (Å²) < 4.78 is 81.4. The summed E-state index contributed by atoms with van der Waals surface area (Å²) in [5.41, 5.74) is -0.290. The van der Waals surface area contributed by atoms with E-state index in [0.29, 0.717) is 45.0 Å². The zero-order chi connectivity index (χ0) is 23.9. The average molecular weight is 491 g/mol. The van der Waals surface area contributed by atoms with Gasteiger partial charge in [0.1, 0.15) is 22.6 Å². The molecular weight excluding hydrogens is 470 g/mol. The van der Waals surface area contributed by atoms with Crippen LogP contribution in [0.25, 0.3) is 0 Å². The lowest BCUT2D eigenvalue weighted by atomic mass is 10.0. The Labute approximate surface area is 186 Å². The second kappa shape index (κ2) is 8.80. The van der Waals surface area contributed by atoms with E-state index in [4.69, 9.17) is 0 Å². The first-order valence-corrected chi connectivity index (χ1v) is 12.1. The SMILES string of the molecule is CS(=O)(=O)c1cc(F)c(N[C@H]2CCN(C3CCN(c4noc(C(F)F)n4)CC3)C2=O)cc1F. The van der Waals surface area contributed by atoms with Crippen LogP contribution in [0, 0.1) is 11.6 Å². The zero-order valence-corrected chi connectivity index (χ0v) is 18.3. The standard InChI is InChI=1S/C19H21F4N5O4S/c1-33(30,31)15-9-11(20)14(8-12(15)21)24-13-4-7-28(18(13)29)10-2-5-27(6-3-10)19-25-17(16(22)23)32-26-19/h8-10,13,16,24H,2-7H2,1H3/t13-/m0/s1. The molecule has 0 aliphatic carbocycles. The van der Waals surface area contributed by atoms with Crippen LogP contribution in [0.4, 0.5) is 29.2 Å². The number of carbonyl (C=O) groups is 1. The molecular formula is C19H21F4N5O4S. The van der Waals surface area contributed by atoms with Crippen molar-refractivity contribution in [1.82, 2.24) is 15.0 Å². The van der Waals surface area contributed by atoms with E-state index in [2.05, 4.69) is 20.0 Å². The first kappa shape index (κ1) is 23.3. The molecule has 1 atom stereocenters. The fourth-order valence-corrected chi connectivity index (χ4v) is 4.86. The number of aromatic nitrogens is 2. The lowest BCUT2D eigenvalue weighted by Gasteiger charge is -2.36. The number of likely N-dealkylation sites (tertiary alicyclic amines) is 1. The van der Waals surface area contributed by atoms with E-state index >= 15 is 0 Å². The van der Waals surface area contributed by atoms with Crippen LogP contribution in [0.15, 0.2) is 21.6 Å². The Balaban J connectivity index is 1.37. The Hall–Kier alpha value is -2.90. The van der Waals surface area contributed by atoms with Gasteiger partial charge in [0.05, 0.1) is 5.69 Å². The molecule has 0 spiro atoms. The van der Waals surface area contributed by atoms with Crippen molar-refractivity contribution in [3.63, 3.8) is 0 Å². The zero-order valence-electron chi connectivity index (χ0n) is 17.5. The maximum Gasteiger partial charge on any atom is 0.316 e. The molecule has 4 rings (SSSR count). The highest BCUT2D eigenvalue weighted by Crippen LogP contribution is 2.29. The summed E-state index contributed by atoms with van der Waals surface area (Å²) in [6.07, 6.45) is -0.628. The van der Waals surface area contributed by atoms with Gasteiger partial charge in [0.2, 0.25) is 5.91 Å². The minimum Gasteiger partial charge on any atom is -0.371 e. The van der Waals surface area contributed by atoms with Crippen LogP contribution < -0.4 is 10.2 Å². The van der Waals surface area contributed by atoms with E-state index in [-0.39, 0.29) is 23.6 Å². The molecule has 14 heteroatoms. The van der Waals surface area contributed by atoms with Crippen molar-refractivity contribution in [2.75, 3.05) is 36.1 Å². The molecule has 180 valence electrons. The number of nitrogens with one attached hydrogen (secondary N) is 1. The number of nitrogens with zero attached hydrogens (tertiary/aromatic N) is 4. The van der Waals surface area contributed by atoms with Crippen molar-refractivity contribution in [2.45, 2.75) is 42.7 Å². The van der Waals surface area contributed by atoms with E-state index in [1.807, 2.05) is 0 Å². The molecule has 2 saturated heterocycles. The van der Waals surface area contributed by atoms with Crippen molar-refractivity contribution in [1.29, 1.82) is 0 Å². The van der Waals surface area contributed by atoms with Gasteiger partial charge in [-0.05, 0) is 30.5 Å². The van der Waals surface area contributed by atoms with Gasteiger partial charge in [0.15, 0.2) is 9.84 Å². The summed E-state index contributed by atoms with van der Waals surface area (Å²) in [6, 6.07) is 0.429. The maximum absolute atomic E-state index is 14.4. The van der Waals surface area contributed by atoms with Crippen LogP contribution in [0.3, 0.4) is 0 Å². The van der Waals surface area contributed by atoms with E-state index in [1.165, 1.54) is 0 Å². The third-order valence-corrected chi connectivity index (χ3v) is 6.91. The molecule has 3 heterocycles. The summed E-state index contributed by atoms with van der Waals surface area (Å²) in [4.78, 5) is 19.2. The second-order valence-electron chi connectivity index (χ2n) is 8.00. The number of carbonyl (C=O) groups excluding carboxylic acids is 1. The number of hydrogen-bond acceptors (Lipinski definition) is 8. The Kier molecular flexibility index (Phi) is 6.20. The number of anilines is 2. The van der Waals surface area contributed by atoms with Crippen molar-refractivity contribution < 1.29 is 35.3 Å². The van der Waals surface area contributed by atoms with Gasteiger partial charge in [-0.1, -0.05) is 0 Å². The first-order valence-electron chi connectivity index (χ1n) is 10.2. The summed E-state index contributed by atoms with van der Waals surface area (Å²) >= 11 is 0. The van der Waals surface area contributed by atoms with Crippen molar-refractivity contribution in [2.24, 2.45) is 0 Å². The molecule has 1 N–H and O–H groups in total. The van der Waals surface area contributed by atoms with Gasteiger partial charge < -0.3 is 19.6 Å². The number of benzene rings is 1. The molecule has 2 fully saturated rings. The van der Waals surface area contributed by atoms with Gasteiger partial charge in [-0.15, -0.1) is 0 Å². The minimum atomic E-state index is -3.94. The first-order chi connectivity index (χ1) is 15.5. The molecule has 1 aromatic heterocycles. The highest BCUT2D eigenvalue weighted by molar-refractivity contribution is 7.90. The van der Waals surface area contributed by atoms with Gasteiger partial charge >= 0.3 is 6.43 Å². The average Bonchev–Trinajstić information content (AvgIpc) is 3.38. The second-order valence-corrected chi connectivity index (χ2v) is 9.99. The molecule has 1 amide bonds. The summed E-state index contributed by atoms with van der Waals surface area (Å²) in [5.74, 6) is -3.03. The Morgan fingerprint density at radius 2 is 1.82 bits per heavy atom. The summed E-state index contributed by atoms with van der Waals surface area (Å²) in [7, 11) is -3.94. The Morgan fingerprint density at radius 1 is 1.12 bits per heavy atom. The number of piperidine rings is 1. The van der Waals surface area contributed by atoms with E-state index in [9.17, 15) is 30.8 Å². The van der Waals surface area contributed by atoms with Gasteiger partial charge in [-0.3, -0.25) is 4.79 Å². The molecule has 2 aliphatic rings. The fraction of sp³-hybridized carbons (Fsp3) is 0.526. The summed E-state index contributed by atoms with van der Waals surface area (Å²) in [6.45, 7) is 1.27. The van der Waals surface area contributed by atoms with Crippen LogP contribution in [-0.2, 0) is 14.6 Å². The lowest BCUT2D eigenvalue weighted by Crippen LogP contribution is -2.47. The number of rotatable bonds is 6. The van der Waals surface area contributed by atoms with Gasteiger partial charge in [0, 0.05) is 38.0 Å². The third kappa shape index (κ3) is 4.75. The number of amides is 1. The topological polar surface area (TPSA) is 109 Å². The van der Waals surface area contributed by atoms with Gasteiger partial charge in [-0.2, -0.15) is 13.8 Å². The van der Waals surface area contributed by atoms with E-state index in [1.54, 1.807) is 9.80 Å². The van der Waals surface area contributed by atoms with Crippen molar-refractivity contribution in [3.05, 3.63) is 29.7 Å². The van der Waals surface area contributed by atoms with Gasteiger partial charge in [0.25, 0.3) is 11.8 Å². The Bertz CT molecular complexity index is 1150. The quantitative estimate of drug-likeness (QED) is 0.614. The molecule has 0 bridgehead atoms. The normalized spacial score (nSPS) is 20.2. The molecule has 2 aliphatic heterocycles. The molecule has 2 aromatic rings. The predicted molar refractivity (Wildman–Crippen MR) is 108 cm³/mol. The van der Waals surface area contributed by atoms with Crippen LogP contribution in [0.2, 0.25) is 0 Å². The highest BCUT2D eigenvalue weighted by atomic mass is 32.2. The van der Waals surface area contributed by atoms with E-state index in [0.717, 1.165) is 12.3 Å². The number of hydrogen-bond donors (Lipinski definition) is 1. The fourth-order valence-electron chi connectivity index (χ4n) is 4.13. The van der Waals surface area contributed by atoms with Crippen molar-refractivity contribution >= 4 is 27.4 Å². The van der Waals surface area contributed by atoms with Crippen molar-refractivity contribution in [3.8, 4) is 0 Å². The monoisotopic (exact) mass is 491 g/mol. The maximum atomic E-state index is 14.4. The number of halogens is 4. The summed E-state index contributed by atoms with van der Waals surface area (Å²) in [5, 5.41) is 6.24.